The number of hydrogen-bond acceptors (Lipinski definition) is 2. The van der Waals surface area contributed by atoms with Gasteiger partial charge in [0, 0.05) is 22.6 Å². The van der Waals surface area contributed by atoms with Crippen LogP contribution in [0.5, 0.6) is 0 Å². The minimum absolute atomic E-state index is 0.125. The van der Waals surface area contributed by atoms with Gasteiger partial charge in [0.25, 0.3) is 0 Å². The van der Waals surface area contributed by atoms with E-state index in [0.717, 1.165) is 13.0 Å². The maximum absolute atomic E-state index is 3.63. The molecule has 0 bridgehead atoms. The van der Waals surface area contributed by atoms with E-state index < -0.39 is 0 Å². The maximum atomic E-state index is 3.63. The van der Waals surface area contributed by atoms with Crippen LogP contribution in [0.2, 0.25) is 0 Å². The van der Waals surface area contributed by atoms with Crippen molar-refractivity contribution in [3.63, 3.8) is 0 Å². The highest BCUT2D eigenvalue weighted by molar-refractivity contribution is 8.00. The molecule has 0 aromatic heterocycles. The van der Waals surface area contributed by atoms with Crippen LogP contribution in [0, 0.1) is 17.3 Å². The second-order valence-corrected chi connectivity index (χ2v) is 7.76. The van der Waals surface area contributed by atoms with Crippen molar-refractivity contribution >= 4 is 11.8 Å². The Balaban J connectivity index is 2.62. The quantitative estimate of drug-likeness (QED) is 0.767. The summed E-state index contributed by atoms with van der Waals surface area (Å²) in [5, 5.41) is 3.63. The largest absolute Gasteiger partial charge is 0.312 e. The van der Waals surface area contributed by atoms with E-state index >= 15 is 0 Å². The molecule has 0 spiro atoms. The Bertz CT molecular complexity index is 286. The average Bonchev–Trinajstić information content (AvgIpc) is 2.63. The highest BCUT2D eigenvalue weighted by Crippen LogP contribution is 2.41. The monoisotopic (exact) mass is 253 g/mol. The molecule has 0 aromatic rings. The molecule has 0 aliphatic carbocycles. The molecular weight excluding hydrogens is 226 g/mol. The fraction of sp³-hybridized carbons (Fsp3) is 0.867. The normalized spacial score (nSPS) is 26.4. The Kier molecular flexibility index (Phi) is 5.41. The van der Waals surface area contributed by atoms with E-state index in [1.54, 1.807) is 0 Å². The second-order valence-electron chi connectivity index (χ2n) is 6.13. The van der Waals surface area contributed by atoms with Gasteiger partial charge in [0.15, 0.2) is 0 Å². The molecule has 17 heavy (non-hydrogen) atoms. The highest BCUT2D eigenvalue weighted by atomic mass is 32.2. The minimum atomic E-state index is 0.125. The molecule has 98 valence electrons. The third kappa shape index (κ3) is 4.94. The zero-order valence-electron chi connectivity index (χ0n) is 12.0. The molecule has 1 rings (SSSR count). The van der Waals surface area contributed by atoms with Gasteiger partial charge in [-0.15, -0.1) is 5.92 Å². The Morgan fingerprint density at radius 3 is 2.59 bits per heavy atom. The first-order chi connectivity index (χ1) is 7.87. The molecule has 0 radical (unpaired) electrons. The predicted octanol–water partition coefficient (Wildman–Crippen LogP) is 3.69. The Hall–Kier alpha value is -0.130. The van der Waals surface area contributed by atoms with Gasteiger partial charge in [-0.1, -0.05) is 12.8 Å². The fourth-order valence-electron chi connectivity index (χ4n) is 2.24. The summed E-state index contributed by atoms with van der Waals surface area (Å²) in [4.78, 5) is 0. The summed E-state index contributed by atoms with van der Waals surface area (Å²) in [7, 11) is 0. The lowest BCUT2D eigenvalue weighted by Crippen LogP contribution is -2.45. The first kappa shape index (κ1) is 14.9. The van der Waals surface area contributed by atoms with Gasteiger partial charge < -0.3 is 5.32 Å². The van der Waals surface area contributed by atoms with Gasteiger partial charge in [0.05, 0.1) is 0 Å². The molecule has 1 N–H and O–H groups in total. The first-order valence-electron chi connectivity index (χ1n) is 6.75. The van der Waals surface area contributed by atoms with Crippen LogP contribution in [0.25, 0.3) is 0 Å². The van der Waals surface area contributed by atoms with Gasteiger partial charge in [-0.2, -0.15) is 11.8 Å². The molecule has 2 heteroatoms. The van der Waals surface area contributed by atoms with Crippen molar-refractivity contribution in [1.82, 2.24) is 5.32 Å². The summed E-state index contributed by atoms with van der Waals surface area (Å²) in [6, 6.07) is 0.537. The number of rotatable bonds is 4. The minimum Gasteiger partial charge on any atom is -0.312 e. The van der Waals surface area contributed by atoms with Gasteiger partial charge in [-0.25, -0.2) is 0 Å². The van der Waals surface area contributed by atoms with Crippen LogP contribution in [0.3, 0.4) is 0 Å². The van der Waals surface area contributed by atoms with E-state index in [4.69, 9.17) is 0 Å². The number of nitrogens with one attached hydrogen (secondary N) is 1. The molecule has 1 saturated heterocycles. The SMILES string of the molecule is CCNC(CC#CC(C)(C)C)C1(C)CCCS1. The molecule has 0 aromatic carbocycles. The molecule has 2 unspecified atom stereocenters. The van der Waals surface area contributed by atoms with Gasteiger partial charge in [-0.3, -0.25) is 0 Å². The summed E-state index contributed by atoms with van der Waals surface area (Å²) in [6.07, 6.45) is 3.66. The van der Waals surface area contributed by atoms with Gasteiger partial charge >= 0.3 is 0 Å². The van der Waals surface area contributed by atoms with Crippen molar-refractivity contribution in [2.24, 2.45) is 5.41 Å². The molecule has 1 nitrogen and oxygen atoms in total. The van der Waals surface area contributed by atoms with E-state index in [1.165, 1.54) is 18.6 Å². The average molecular weight is 253 g/mol. The molecule has 1 aliphatic heterocycles. The van der Waals surface area contributed by atoms with Gasteiger partial charge in [0.1, 0.15) is 0 Å². The van der Waals surface area contributed by atoms with Crippen LogP contribution in [0.4, 0.5) is 0 Å². The van der Waals surface area contributed by atoms with Gasteiger partial charge in [-0.05, 0) is 52.8 Å². The molecule has 2 atom stereocenters. The van der Waals surface area contributed by atoms with Crippen molar-refractivity contribution < 1.29 is 0 Å². The van der Waals surface area contributed by atoms with E-state index in [1.807, 2.05) is 0 Å². The number of thioether (sulfide) groups is 1. The summed E-state index contributed by atoms with van der Waals surface area (Å²) in [5.41, 5.74) is 0.125. The van der Waals surface area contributed by atoms with Crippen LogP contribution in [0.15, 0.2) is 0 Å². The lowest BCUT2D eigenvalue weighted by molar-refractivity contribution is 0.414. The molecule has 1 aliphatic rings. The van der Waals surface area contributed by atoms with Gasteiger partial charge in [0.2, 0.25) is 0 Å². The lowest BCUT2D eigenvalue weighted by Gasteiger charge is -2.32. The molecule has 0 amide bonds. The van der Waals surface area contributed by atoms with E-state index in [0.29, 0.717) is 10.8 Å². The van der Waals surface area contributed by atoms with Crippen molar-refractivity contribution in [1.29, 1.82) is 0 Å². The molecule has 0 saturated carbocycles. The third-order valence-electron chi connectivity index (χ3n) is 3.21. The van der Waals surface area contributed by atoms with Crippen molar-refractivity contribution in [3.8, 4) is 11.8 Å². The Morgan fingerprint density at radius 1 is 1.41 bits per heavy atom. The number of hydrogen-bond donors (Lipinski definition) is 1. The molecule has 1 fully saturated rings. The summed E-state index contributed by atoms with van der Waals surface area (Å²) in [5.74, 6) is 8.05. The zero-order valence-corrected chi connectivity index (χ0v) is 12.8. The first-order valence-corrected chi connectivity index (χ1v) is 7.73. The summed E-state index contributed by atoms with van der Waals surface area (Å²) < 4.78 is 0.391. The Morgan fingerprint density at radius 2 is 2.12 bits per heavy atom. The van der Waals surface area contributed by atoms with Crippen LogP contribution in [-0.4, -0.2) is 23.1 Å². The Labute approximate surface area is 112 Å². The third-order valence-corrected chi connectivity index (χ3v) is 4.85. The van der Waals surface area contributed by atoms with Crippen molar-refractivity contribution in [2.75, 3.05) is 12.3 Å². The van der Waals surface area contributed by atoms with Crippen LogP contribution < -0.4 is 5.32 Å². The fourth-order valence-corrected chi connectivity index (χ4v) is 3.66. The van der Waals surface area contributed by atoms with E-state index in [2.05, 4.69) is 63.5 Å². The summed E-state index contributed by atoms with van der Waals surface area (Å²) in [6.45, 7) is 12.2. The van der Waals surface area contributed by atoms with E-state index in [9.17, 15) is 0 Å². The maximum Gasteiger partial charge on any atom is 0.0321 e. The van der Waals surface area contributed by atoms with Crippen LogP contribution in [0.1, 0.15) is 53.9 Å². The van der Waals surface area contributed by atoms with Crippen LogP contribution in [-0.2, 0) is 0 Å². The molecule has 1 heterocycles. The summed E-state index contributed by atoms with van der Waals surface area (Å²) >= 11 is 2.12. The standard InChI is InChI=1S/C15H27NS/c1-6-16-13(9-7-10-14(2,3)4)15(5)11-8-12-17-15/h13,16H,6,8-9,11-12H2,1-5H3. The highest BCUT2D eigenvalue weighted by Gasteiger charge is 2.36. The smallest absolute Gasteiger partial charge is 0.0321 e. The lowest BCUT2D eigenvalue weighted by atomic mass is 9.92. The van der Waals surface area contributed by atoms with Crippen molar-refractivity contribution in [3.05, 3.63) is 0 Å². The molecular formula is C15H27NS. The van der Waals surface area contributed by atoms with Crippen molar-refractivity contribution in [2.45, 2.75) is 64.7 Å². The second kappa shape index (κ2) is 6.16. The topological polar surface area (TPSA) is 12.0 Å². The van der Waals surface area contributed by atoms with E-state index in [-0.39, 0.29) is 5.41 Å². The predicted molar refractivity (Wildman–Crippen MR) is 79.4 cm³/mol. The zero-order chi connectivity index (χ0) is 12.9. The van der Waals surface area contributed by atoms with Crippen LogP contribution >= 0.6 is 11.8 Å².